The van der Waals surface area contributed by atoms with Crippen LogP contribution in [0.3, 0.4) is 0 Å². The molecular formula is C20H18AsN3O3S. The van der Waals surface area contributed by atoms with Crippen LogP contribution in [-0.4, -0.2) is 32.3 Å². The summed E-state index contributed by atoms with van der Waals surface area (Å²) in [4.78, 5) is 10.9. The van der Waals surface area contributed by atoms with Crippen LogP contribution in [0.1, 0.15) is 10.4 Å². The molecule has 2 heterocycles. The van der Waals surface area contributed by atoms with E-state index in [1.807, 2.05) is 0 Å². The number of anilines is 2. The van der Waals surface area contributed by atoms with E-state index in [1.54, 1.807) is 23.5 Å². The molecule has 0 aliphatic heterocycles. The SMILES string of the molecule is Cc1ccc(-c2c(C)sc3ncnc(Nc4ccc([As](=O)(O)O)cc4)c23)cc1. The summed E-state index contributed by atoms with van der Waals surface area (Å²) in [5.41, 5.74) is 4.10. The Kier molecular flexibility index (Phi) is 4.85. The number of nitrogens with zero attached hydrogens (tertiary/aromatic N) is 2. The molecule has 0 unspecified atom stereocenters. The fraction of sp³-hybridized carbons (Fsp3) is 0.100. The predicted molar refractivity (Wildman–Crippen MR) is 113 cm³/mol. The van der Waals surface area contributed by atoms with Gasteiger partial charge >= 0.3 is 162 Å². The van der Waals surface area contributed by atoms with Crippen LogP contribution in [0.5, 0.6) is 0 Å². The molecule has 2 aromatic heterocycles. The molecule has 0 radical (unpaired) electrons. The number of aryl methyl sites for hydroxylation is 2. The summed E-state index contributed by atoms with van der Waals surface area (Å²) in [6.07, 6.45) is 1.52. The van der Waals surface area contributed by atoms with Crippen LogP contribution >= 0.6 is 11.3 Å². The molecule has 0 saturated carbocycles. The van der Waals surface area contributed by atoms with Gasteiger partial charge in [0, 0.05) is 0 Å². The quantitative estimate of drug-likeness (QED) is 0.409. The summed E-state index contributed by atoms with van der Waals surface area (Å²) >= 11 is -3.27. The van der Waals surface area contributed by atoms with Crippen molar-refractivity contribution in [1.82, 2.24) is 9.97 Å². The van der Waals surface area contributed by atoms with E-state index < -0.39 is 14.2 Å². The van der Waals surface area contributed by atoms with Crippen molar-refractivity contribution in [3.63, 3.8) is 0 Å². The number of benzene rings is 2. The van der Waals surface area contributed by atoms with Gasteiger partial charge in [0.25, 0.3) is 0 Å². The van der Waals surface area contributed by atoms with Gasteiger partial charge in [0.1, 0.15) is 0 Å². The first kappa shape index (κ1) is 18.9. The van der Waals surface area contributed by atoms with Crippen LogP contribution in [0.15, 0.2) is 54.9 Å². The second-order valence-electron chi connectivity index (χ2n) is 6.52. The molecule has 0 atom stereocenters. The fourth-order valence-electron chi connectivity index (χ4n) is 3.08. The van der Waals surface area contributed by atoms with Gasteiger partial charge in [-0.05, 0) is 6.92 Å². The summed E-state index contributed by atoms with van der Waals surface area (Å²) in [5, 5.41) is 4.21. The van der Waals surface area contributed by atoms with E-state index in [9.17, 15) is 11.9 Å². The van der Waals surface area contributed by atoms with E-state index in [4.69, 9.17) is 0 Å². The molecular weight excluding hydrogens is 437 g/mol. The Balaban J connectivity index is 1.79. The molecule has 0 spiro atoms. The third-order valence-electron chi connectivity index (χ3n) is 4.47. The summed E-state index contributed by atoms with van der Waals surface area (Å²) < 4.78 is 30.1. The molecule has 0 aliphatic rings. The van der Waals surface area contributed by atoms with E-state index in [2.05, 4.69) is 53.4 Å². The third kappa shape index (κ3) is 3.62. The standard InChI is InChI=1S/C20H18AsN3O3S/c1-12-3-5-14(6-4-12)17-13(2)28-20-18(17)19(22-11-23-20)24-16-9-7-15(8-10-16)21(25,26)27/h3-11H,1-2H3,(H,22,23,24)(H2,25,26,27). The first-order valence-corrected chi connectivity index (χ1v) is 12.8. The molecule has 0 aliphatic carbocycles. The molecule has 4 aromatic rings. The van der Waals surface area contributed by atoms with Gasteiger partial charge in [-0.1, -0.05) is 0 Å². The number of nitrogens with one attached hydrogen (secondary N) is 1. The Bertz CT molecular complexity index is 1200. The average Bonchev–Trinajstić information content (AvgIpc) is 2.99. The Hall–Kier alpha value is -2.44. The van der Waals surface area contributed by atoms with Gasteiger partial charge in [0.2, 0.25) is 0 Å². The zero-order chi connectivity index (χ0) is 19.9. The van der Waals surface area contributed by atoms with Crippen molar-refractivity contribution in [2.75, 3.05) is 5.32 Å². The summed E-state index contributed by atoms with van der Waals surface area (Å²) in [7, 11) is 0. The van der Waals surface area contributed by atoms with Gasteiger partial charge < -0.3 is 0 Å². The molecule has 3 N–H and O–H groups in total. The topological polar surface area (TPSA) is 95.3 Å². The van der Waals surface area contributed by atoms with E-state index in [0.717, 1.165) is 26.2 Å². The van der Waals surface area contributed by atoms with Crippen LogP contribution in [0.4, 0.5) is 11.5 Å². The Labute approximate surface area is 168 Å². The summed E-state index contributed by atoms with van der Waals surface area (Å²) in [6.45, 7) is 4.13. The second kappa shape index (κ2) is 7.18. The molecule has 0 saturated heterocycles. The summed E-state index contributed by atoms with van der Waals surface area (Å²) in [6, 6.07) is 14.5. The van der Waals surface area contributed by atoms with E-state index >= 15 is 0 Å². The molecule has 6 nitrogen and oxygen atoms in total. The van der Waals surface area contributed by atoms with E-state index in [1.165, 1.54) is 24.0 Å². The maximum absolute atomic E-state index is 11.4. The molecule has 0 bridgehead atoms. The Morgan fingerprint density at radius 3 is 2.29 bits per heavy atom. The minimum absolute atomic E-state index is 0.0447. The van der Waals surface area contributed by atoms with Crippen molar-refractivity contribution >= 4 is 51.6 Å². The number of rotatable bonds is 4. The maximum atomic E-state index is 11.4. The van der Waals surface area contributed by atoms with Gasteiger partial charge in [-0.2, -0.15) is 0 Å². The zero-order valence-electron chi connectivity index (χ0n) is 15.2. The molecule has 0 amide bonds. The van der Waals surface area contributed by atoms with Crippen molar-refractivity contribution < 1.29 is 11.9 Å². The van der Waals surface area contributed by atoms with E-state index in [0.29, 0.717) is 11.5 Å². The van der Waals surface area contributed by atoms with Crippen molar-refractivity contribution in [3.8, 4) is 11.1 Å². The number of hydrogen-bond acceptors (Lipinski definition) is 5. The monoisotopic (exact) mass is 455 g/mol. The molecule has 4 rings (SSSR count). The molecule has 0 fully saturated rings. The fourth-order valence-corrected chi connectivity index (χ4v) is 5.22. The number of hydrogen-bond donors (Lipinski definition) is 3. The van der Waals surface area contributed by atoms with Crippen LogP contribution in [0, 0.1) is 13.8 Å². The number of thiophene rings is 1. The van der Waals surface area contributed by atoms with Gasteiger partial charge in [-0.3, -0.25) is 0 Å². The molecule has 142 valence electrons. The van der Waals surface area contributed by atoms with Gasteiger partial charge in [0.15, 0.2) is 0 Å². The first-order valence-electron chi connectivity index (χ1n) is 8.57. The first-order chi connectivity index (χ1) is 13.3. The van der Waals surface area contributed by atoms with Crippen LogP contribution in [-0.2, 0) is 3.74 Å². The Morgan fingerprint density at radius 1 is 0.964 bits per heavy atom. The van der Waals surface area contributed by atoms with Gasteiger partial charge in [-0.25, -0.2) is 0 Å². The molecule has 2 aromatic carbocycles. The third-order valence-corrected chi connectivity index (χ3v) is 7.52. The van der Waals surface area contributed by atoms with Crippen LogP contribution in [0.25, 0.3) is 21.3 Å². The molecule has 8 heteroatoms. The van der Waals surface area contributed by atoms with Gasteiger partial charge in [0.05, 0.1) is 0 Å². The number of aromatic nitrogens is 2. The van der Waals surface area contributed by atoms with Crippen LogP contribution in [0.2, 0.25) is 0 Å². The minimum atomic E-state index is -4.89. The predicted octanol–water partition coefficient (Wildman–Crippen LogP) is 3.28. The average molecular weight is 455 g/mol. The van der Waals surface area contributed by atoms with Gasteiger partial charge in [-0.15, -0.1) is 0 Å². The second-order valence-corrected chi connectivity index (χ2v) is 11.1. The zero-order valence-corrected chi connectivity index (χ0v) is 17.9. The van der Waals surface area contributed by atoms with Crippen LogP contribution < -0.4 is 9.67 Å². The Morgan fingerprint density at radius 2 is 1.64 bits per heavy atom. The van der Waals surface area contributed by atoms with Crippen molar-refractivity contribution in [3.05, 3.63) is 65.3 Å². The normalized spacial score (nSPS) is 11.7. The van der Waals surface area contributed by atoms with Crippen molar-refractivity contribution in [2.24, 2.45) is 0 Å². The number of fused-ring (bicyclic) bond motifs is 1. The summed E-state index contributed by atoms with van der Waals surface area (Å²) in [5.74, 6) is 0.666. The van der Waals surface area contributed by atoms with Crippen molar-refractivity contribution in [1.29, 1.82) is 0 Å². The van der Waals surface area contributed by atoms with E-state index in [-0.39, 0.29) is 4.35 Å². The van der Waals surface area contributed by atoms with Crippen molar-refractivity contribution in [2.45, 2.75) is 13.8 Å². The molecule has 28 heavy (non-hydrogen) atoms.